The number of ether oxygens (including phenoxy) is 1. The molecule has 39 heavy (non-hydrogen) atoms. The minimum atomic E-state index is -0.461. The fourth-order valence-electron chi connectivity index (χ4n) is 6.45. The van der Waals surface area contributed by atoms with Crippen LogP contribution < -0.4 is 9.30 Å². The Balaban J connectivity index is 1.77. The average molecular weight is 514 g/mol. The van der Waals surface area contributed by atoms with Gasteiger partial charge in [-0.05, 0) is 64.4 Å². The van der Waals surface area contributed by atoms with Crippen LogP contribution in [-0.4, -0.2) is 5.54 Å². The van der Waals surface area contributed by atoms with Gasteiger partial charge in [-0.15, -0.1) is 0 Å². The highest BCUT2D eigenvalue weighted by molar-refractivity contribution is 6.17. The molecule has 5 aromatic rings. The highest BCUT2D eigenvalue weighted by Gasteiger charge is 2.35. The second-order valence-corrected chi connectivity index (χ2v) is 13.3. The van der Waals surface area contributed by atoms with E-state index in [-0.39, 0.29) is 5.41 Å². The SMILES string of the molecule is [C-]#[N+]C(C)(C)Cc1cccc2cc3c4c([n+](C)ccc4c12)-c1c(c(CC(C)(C)C)c2ccc(C)cc2c1C)O3. The van der Waals surface area contributed by atoms with Gasteiger partial charge in [0.1, 0.15) is 18.5 Å². The summed E-state index contributed by atoms with van der Waals surface area (Å²) in [5.41, 5.74) is 7.08. The van der Waals surface area contributed by atoms with Crippen LogP contribution in [0.5, 0.6) is 11.5 Å². The van der Waals surface area contributed by atoms with Gasteiger partial charge in [0.15, 0.2) is 6.20 Å². The highest BCUT2D eigenvalue weighted by atomic mass is 16.5. The van der Waals surface area contributed by atoms with Crippen molar-refractivity contribution in [3.05, 3.63) is 88.4 Å². The van der Waals surface area contributed by atoms with Crippen molar-refractivity contribution in [1.82, 2.24) is 0 Å². The number of aromatic nitrogens is 1. The molecule has 0 unspecified atom stereocenters. The van der Waals surface area contributed by atoms with Gasteiger partial charge >= 0.3 is 0 Å². The van der Waals surface area contributed by atoms with Gasteiger partial charge in [0, 0.05) is 30.9 Å². The van der Waals surface area contributed by atoms with Gasteiger partial charge in [-0.3, -0.25) is 0 Å². The van der Waals surface area contributed by atoms with Crippen molar-refractivity contribution in [3.8, 4) is 22.8 Å². The molecule has 0 saturated heterocycles. The standard InChI is InChI=1S/C36H37N2O/c1-21-13-14-25-27(17-21)22(2)30-33-32-26(15-16-38(33)9)31-23(11-10-12-24(31)19-36(6,7)37-8)18-29(32)39-34(30)28(25)20-35(3,4)5/h10-18H,19-20H2,1-7,9H3/q+1. The van der Waals surface area contributed by atoms with Gasteiger partial charge in [-0.1, -0.05) is 62.7 Å². The van der Waals surface area contributed by atoms with E-state index in [4.69, 9.17) is 11.3 Å². The molecule has 1 aliphatic rings. The Morgan fingerprint density at radius 2 is 1.64 bits per heavy atom. The Kier molecular flexibility index (Phi) is 5.57. The van der Waals surface area contributed by atoms with Crippen molar-refractivity contribution < 1.29 is 9.30 Å². The number of aryl methyl sites for hydroxylation is 3. The molecule has 0 atom stereocenters. The van der Waals surface area contributed by atoms with Gasteiger partial charge in [0.2, 0.25) is 11.2 Å². The van der Waals surface area contributed by atoms with Crippen molar-refractivity contribution in [2.45, 2.75) is 66.8 Å². The lowest BCUT2D eigenvalue weighted by Crippen LogP contribution is -2.32. The molecule has 0 spiro atoms. The van der Waals surface area contributed by atoms with Crippen LogP contribution in [0.25, 0.3) is 48.4 Å². The first kappa shape index (κ1) is 25.4. The summed E-state index contributed by atoms with van der Waals surface area (Å²) in [4.78, 5) is 3.92. The topological polar surface area (TPSA) is 17.5 Å². The van der Waals surface area contributed by atoms with E-state index in [2.05, 4.69) is 106 Å². The molecule has 0 N–H and O–H groups in total. The van der Waals surface area contributed by atoms with Crippen molar-refractivity contribution in [1.29, 1.82) is 0 Å². The smallest absolute Gasteiger partial charge is 0.231 e. The maximum Gasteiger partial charge on any atom is 0.231 e. The minimum absolute atomic E-state index is 0.104. The Morgan fingerprint density at radius 3 is 2.36 bits per heavy atom. The summed E-state index contributed by atoms with van der Waals surface area (Å²) in [6.45, 7) is 23.1. The van der Waals surface area contributed by atoms with Crippen LogP contribution in [0.2, 0.25) is 0 Å². The Bertz CT molecular complexity index is 1880. The first-order valence-electron chi connectivity index (χ1n) is 13.9. The molecule has 0 saturated carbocycles. The molecule has 4 aromatic carbocycles. The molecular weight excluding hydrogens is 476 g/mol. The molecule has 2 heterocycles. The van der Waals surface area contributed by atoms with Crippen LogP contribution in [0.4, 0.5) is 0 Å². The second kappa shape index (κ2) is 8.55. The predicted molar refractivity (Wildman–Crippen MR) is 163 cm³/mol. The quantitative estimate of drug-likeness (QED) is 0.131. The van der Waals surface area contributed by atoms with E-state index in [0.29, 0.717) is 6.42 Å². The van der Waals surface area contributed by atoms with Crippen molar-refractivity contribution in [2.75, 3.05) is 0 Å². The first-order valence-corrected chi connectivity index (χ1v) is 13.9. The second-order valence-electron chi connectivity index (χ2n) is 13.3. The molecule has 6 rings (SSSR count). The Morgan fingerprint density at radius 1 is 0.872 bits per heavy atom. The summed E-state index contributed by atoms with van der Waals surface area (Å²) in [6.07, 6.45) is 3.82. The summed E-state index contributed by atoms with van der Waals surface area (Å²) in [5.74, 6) is 1.91. The van der Waals surface area contributed by atoms with Gasteiger partial charge < -0.3 is 9.58 Å². The summed E-state index contributed by atoms with van der Waals surface area (Å²) < 4.78 is 9.27. The van der Waals surface area contributed by atoms with Crippen LogP contribution in [0.3, 0.4) is 0 Å². The van der Waals surface area contributed by atoms with Gasteiger partial charge in [-0.2, -0.15) is 0 Å². The Hall–Kier alpha value is -3.90. The lowest BCUT2D eigenvalue weighted by Gasteiger charge is -2.28. The van der Waals surface area contributed by atoms with Crippen LogP contribution in [0, 0.1) is 25.8 Å². The van der Waals surface area contributed by atoms with E-state index in [0.717, 1.165) is 28.7 Å². The zero-order valence-corrected chi connectivity index (χ0v) is 24.4. The van der Waals surface area contributed by atoms with Gasteiger partial charge in [-0.25, -0.2) is 11.1 Å². The van der Waals surface area contributed by atoms with E-state index in [1.54, 1.807) is 0 Å². The molecule has 0 aliphatic carbocycles. The largest absolute Gasteiger partial charge is 0.455 e. The monoisotopic (exact) mass is 513 g/mol. The van der Waals surface area contributed by atoms with Crippen LogP contribution >= 0.6 is 0 Å². The summed E-state index contributed by atoms with van der Waals surface area (Å²) in [5, 5.41) is 7.33. The number of hydrogen-bond donors (Lipinski definition) is 0. The molecule has 3 heteroatoms. The van der Waals surface area contributed by atoms with Crippen LogP contribution in [-0.2, 0) is 19.9 Å². The van der Waals surface area contributed by atoms with Crippen molar-refractivity contribution >= 4 is 32.3 Å². The minimum Gasteiger partial charge on any atom is -0.455 e. The molecule has 0 amide bonds. The van der Waals surface area contributed by atoms with Gasteiger partial charge in [0.25, 0.3) is 0 Å². The van der Waals surface area contributed by atoms with Crippen molar-refractivity contribution in [3.63, 3.8) is 0 Å². The maximum absolute atomic E-state index is 7.73. The van der Waals surface area contributed by atoms with Crippen molar-refractivity contribution in [2.24, 2.45) is 12.5 Å². The third-order valence-electron chi connectivity index (χ3n) is 8.17. The van der Waals surface area contributed by atoms with Gasteiger partial charge in [0.05, 0.1) is 17.4 Å². The fraction of sp³-hybridized carbons (Fsp3) is 0.333. The summed E-state index contributed by atoms with van der Waals surface area (Å²) in [7, 11) is 2.15. The Labute approximate surface area is 231 Å². The van der Waals surface area contributed by atoms with Crippen LogP contribution in [0.15, 0.2) is 54.7 Å². The number of rotatable bonds is 3. The maximum atomic E-state index is 7.73. The zero-order chi connectivity index (χ0) is 27.9. The van der Waals surface area contributed by atoms with E-state index in [1.807, 2.05) is 13.8 Å². The molecule has 0 radical (unpaired) electrons. The molecule has 1 aromatic heterocycles. The van der Waals surface area contributed by atoms with E-state index in [9.17, 15) is 0 Å². The highest BCUT2D eigenvalue weighted by Crippen LogP contribution is 2.53. The lowest BCUT2D eigenvalue weighted by molar-refractivity contribution is -0.659. The van der Waals surface area contributed by atoms with E-state index >= 15 is 0 Å². The molecule has 0 bridgehead atoms. The zero-order valence-electron chi connectivity index (χ0n) is 24.4. The molecule has 196 valence electrons. The number of fused-ring (bicyclic) bond motifs is 5. The fourth-order valence-corrected chi connectivity index (χ4v) is 6.45. The number of hydrogen-bond acceptors (Lipinski definition) is 1. The number of nitrogens with zero attached hydrogens (tertiary/aromatic N) is 2. The van der Waals surface area contributed by atoms with E-state index in [1.165, 1.54) is 55.1 Å². The molecule has 1 aliphatic heterocycles. The first-order chi connectivity index (χ1) is 18.4. The summed E-state index contributed by atoms with van der Waals surface area (Å²) in [6, 6.07) is 17.7. The number of benzene rings is 4. The third-order valence-corrected chi connectivity index (χ3v) is 8.17. The average Bonchev–Trinajstić information content (AvgIpc) is 2.87. The lowest BCUT2D eigenvalue weighted by atomic mass is 9.81. The molecule has 0 fully saturated rings. The predicted octanol–water partition coefficient (Wildman–Crippen LogP) is 9.19. The normalized spacial score (nSPS) is 13.0. The number of pyridine rings is 1. The summed E-state index contributed by atoms with van der Waals surface area (Å²) >= 11 is 0. The van der Waals surface area contributed by atoms with Crippen LogP contribution in [0.1, 0.15) is 56.9 Å². The third kappa shape index (κ3) is 4.05. The van der Waals surface area contributed by atoms with E-state index < -0.39 is 5.54 Å². The molecule has 3 nitrogen and oxygen atoms in total. The molecular formula is C36H37N2O+.